The van der Waals surface area contributed by atoms with Crippen molar-refractivity contribution in [3.8, 4) is 11.8 Å². The van der Waals surface area contributed by atoms with E-state index < -0.39 is 0 Å². The molecule has 0 bridgehead atoms. The zero-order valence-electron chi connectivity index (χ0n) is 9.68. The van der Waals surface area contributed by atoms with Crippen LogP contribution in [0.3, 0.4) is 0 Å². The predicted octanol–water partition coefficient (Wildman–Crippen LogP) is 3.53. The van der Waals surface area contributed by atoms with E-state index in [4.69, 9.17) is 0 Å². The summed E-state index contributed by atoms with van der Waals surface area (Å²) in [7, 11) is 0. The van der Waals surface area contributed by atoms with E-state index in [9.17, 15) is 0 Å². The van der Waals surface area contributed by atoms with E-state index >= 15 is 0 Å². The Labute approximate surface area is 106 Å². The van der Waals surface area contributed by atoms with Crippen LogP contribution in [-0.4, -0.2) is 12.8 Å². The van der Waals surface area contributed by atoms with Crippen molar-refractivity contribution >= 4 is 17.6 Å². The Morgan fingerprint density at radius 2 is 2.12 bits per heavy atom. The van der Waals surface area contributed by atoms with Gasteiger partial charge in [-0.05, 0) is 18.6 Å². The first-order valence-corrected chi connectivity index (χ1v) is 6.31. The van der Waals surface area contributed by atoms with Crippen LogP contribution < -0.4 is 0 Å². The van der Waals surface area contributed by atoms with E-state index in [-0.39, 0.29) is 0 Å². The van der Waals surface area contributed by atoms with Gasteiger partial charge in [0.05, 0.1) is 0 Å². The van der Waals surface area contributed by atoms with Crippen molar-refractivity contribution in [2.45, 2.75) is 6.92 Å². The topological polar surface area (TPSA) is 12.4 Å². The fourth-order valence-corrected chi connectivity index (χ4v) is 2.02. The molecule has 0 atom stereocenters. The van der Waals surface area contributed by atoms with Crippen molar-refractivity contribution in [1.82, 2.24) is 0 Å². The second-order valence-electron chi connectivity index (χ2n) is 3.63. The summed E-state index contributed by atoms with van der Waals surface area (Å²) in [5.74, 6) is 6.14. The van der Waals surface area contributed by atoms with Crippen molar-refractivity contribution in [3.63, 3.8) is 0 Å². The van der Waals surface area contributed by atoms with Crippen molar-refractivity contribution in [2.24, 2.45) is 4.99 Å². The van der Waals surface area contributed by atoms with Gasteiger partial charge in [0.25, 0.3) is 0 Å². The van der Waals surface area contributed by atoms with Crippen LogP contribution in [0, 0.1) is 18.8 Å². The maximum atomic E-state index is 4.27. The fourth-order valence-electron chi connectivity index (χ4n) is 1.39. The second kappa shape index (κ2) is 6.03. The molecular formula is C15H13NS. The minimum Gasteiger partial charge on any atom is -0.280 e. The molecule has 1 aromatic carbocycles. The molecule has 2 rings (SSSR count). The van der Waals surface area contributed by atoms with Gasteiger partial charge in [-0.3, -0.25) is 4.99 Å². The number of hydrogen-bond donors (Lipinski definition) is 0. The summed E-state index contributed by atoms with van der Waals surface area (Å²) < 4.78 is 0. The van der Waals surface area contributed by atoms with Gasteiger partial charge in [0.1, 0.15) is 6.54 Å². The highest BCUT2D eigenvalue weighted by Crippen LogP contribution is 2.11. The molecule has 0 saturated heterocycles. The number of nitrogens with zero attached hydrogens (tertiary/aromatic N) is 1. The maximum Gasteiger partial charge on any atom is 0.100 e. The minimum atomic E-state index is 0.545. The molecule has 0 aliphatic rings. The lowest BCUT2D eigenvalue weighted by molar-refractivity contribution is 1.30. The van der Waals surface area contributed by atoms with E-state index in [0.29, 0.717) is 6.54 Å². The van der Waals surface area contributed by atoms with Gasteiger partial charge >= 0.3 is 0 Å². The van der Waals surface area contributed by atoms with Gasteiger partial charge in [-0.15, -0.1) is 11.3 Å². The third kappa shape index (κ3) is 3.90. The Balaban J connectivity index is 1.88. The van der Waals surface area contributed by atoms with Gasteiger partial charge < -0.3 is 0 Å². The number of thiophene rings is 1. The van der Waals surface area contributed by atoms with Gasteiger partial charge in [0, 0.05) is 22.0 Å². The highest BCUT2D eigenvalue weighted by Gasteiger charge is 1.89. The van der Waals surface area contributed by atoms with Crippen LogP contribution in [0.15, 0.2) is 46.8 Å². The van der Waals surface area contributed by atoms with Crippen LogP contribution in [-0.2, 0) is 0 Å². The molecule has 2 heteroatoms. The highest BCUT2D eigenvalue weighted by atomic mass is 32.1. The molecule has 0 saturated carbocycles. The first-order valence-electron chi connectivity index (χ1n) is 5.43. The van der Waals surface area contributed by atoms with Crippen LogP contribution in [0.5, 0.6) is 0 Å². The number of aryl methyl sites for hydroxylation is 1. The molecule has 2 aromatic rings. The summed E-state index contributed by atoms with van der Waals surface area (Å²) in [6.45, 7) is 2.63. The zero-order valence-corrected chi connectivity index (χ0v) is 10.5. The molecule has 17 heavy (non-hydrogen) atoms. The lowest BCUT2D eigenvalue weighted by Gasteiger charge is -1.88. The Hall–Kier alpha value is -1.85. The molecule has 1 heterocycles. The van der Waals surface area contributed by atoms with Crippen molar-refractivity contribution < 1.29 is 0 Å². The van der Waals surface area contributed by atoms with E-state index in [1.54, 1.807) is 11.3 Å². The van der Waals surface area contributed by atoms with Crippen LogP contribution in [0.1, 0.15) is 16.0 Å². The molecule has 0 N–H and O–H groups in total. The number of hydrogen-bond acceptors (Lipinski definition) is 2. The first-order chi connectivity index (χ1) is 8.34. The van der Waals surface area contributed by atoms with Crippen LogP contribution in [0.25, 0.3) is 0 Å². The molecule has 0 unspecified atom stereocenters. The summed E-state index contributed by atoms with van der Waals surface area (Å²) >= 11 is 1.72. The Bertz CT molecular complexity index is 555. The lowest BCUT2D eigenvalue weighted by Crippen LogP contribution is -1.81. The van der Waals surface area contributed by atoms with Gasteiger partial charge in [0.2, 0.25) is 0 Å². The van der Waals surface area contributed by atoms with E-state index in [2.05, 4.69) is 35.2 Å². The molecule has 0 aliphatic heterocycles. The third-order valence-corrected chi connectivity index (χ3v) is 3.03. The lowest BCUT2D eigenvalue weighted by atomic mass is 10.2. The average Bonchev–Trinajstić information content (AvgIpc) is 2.76. The monoisotopic (exact) mass is 239 g/mol. The summed E-state index contributed by atoms with van der Waals surface area (Å²) in [6, 6.07) is 12.1. The Kier molecular flexibility index (Phi) is 4.12. The molecule has 0 fully saturated rings. The molecule has 0 radical (unpaired) electrons. The molecule has 1 aromatic heterocycles. The molecule has 0 amide bonds. The summed E-state index contributed by atoms with van der Waals surface area (Å²) in [6.07, 6.45) is 1.85. The number of rotatable bonds is 2. The predicted molar refractivity (Wildman–Crippen MR) is 74.8 cm³/mol. The van der Waals surface area contributed by atoms with Gasteiger partial charge in [0.15, 0.2) is 0 Å². The van der Waals surface area contributed by atoms with Crippen LogP contribution in [0.2, 0.25) is 0 Å². The number of benzene rings is 1. The Morgan fingerprint density at radius 1 is 1.29 bits per heavy atom. The van der Waals surface area contributed by atoms with E-state index in [1.807, 2.05) is 36.5 Å². The summed E-state index contributed by atoms with van der Waals surface area (Å²) in [5, 5.41) is 2.07. The van der Waals surface area contributed by atoms with E-state index in [0.717, 1.165) is 11.1 Å². The third-order valence-electron chi connectivity index (χ3n) is 2.17. The zero-order chi connectivity index (χ0) is 11.9. The van der Waals surface area contributed by atoms with E-state index in [1.165, 1.54) is 4.88 Å². The second-order valence-corrected chi connectivity index (χ2v) is 4.74. The largest absolute Gasteiger partial charge is 0.280 e. The smallest absolute Gasteiger partial charge is 0.100 e. The van der Waals surface area contributed by atoms with Crippen molar-refractivity contribution in [3.05, 3.63) is 57.8 Å². The van der Waals surface area contributed by atoms with Crippen LogP contribution in [0.4, 0.5) is 0 Å². The number of aliphatic imine (C=N–C) groups is 1. The van der Waals surface area contributed by atoms with Gasteiger partial charge in [-0.1, -0.05) is 42.2 Å². The van der Waals surface area contributed by atoms with Crippen molar-refractivity contribution in [2.75, 3.05) is 6.54 Å². The van der Waals surface area contributed by atoms with Gasteiger partial charge in [-0.2, -0.15) is 0 Å². The highest BCUT2D eigenvalue weighted by molar-refractivity contribution is 7.10. The van der Waals surface area contributed by atoms with Crippen molar-refractivity contribution in [1.29, 1.82) is 0 Å². The average molecular weight is 239 g/mol. The first kappa shape index (κ1) is 11.6. The molecule has 84 valence electrons. The van der Waals surface area contributed by atoms with Crippen LogP contribution >= 0.6 is 11.3 Å². The normalized spacial score (nSPS) is 10.2. The summed E-state index contributed by atoms with van der Waals surface area (Å²) in [5.41, 5.74) is 2.20. The molecular weight excluding hydrogens is 226 g/mol. The fraction of sp³-hybridized carbons (Fsp3) is 0.133. The standard InChI is InChI=1S/C15H13NS/c1-13-10-15(12-17-13)8-5-9-16-11-14-6-3-2-4-7-14/h2-4,6-7,10-12H,9H2,1H3/b16-11+. The quantitative estimate of drug-likeness (QED) is 0.561. The molecule has 0 spiro atoms. The minimum absolute atomic E-state index is 0.545. The molecule has 0 aliphatic carbocycles. The van der Waals surface area contributed by atoms with Gasteiger partial charge in [-0.25, -0.2) is 0 Å². The Morgan fingerprint density at radius 3 is 2.82 bits per heavy atom. The summed E-state index contributed by atoms with van der Waals surface area (Å²) in [4.78, 5) is 5.56. The molecule has 1 nitrogen and oxygen atoms in total. The maximum absolute atomic E-state index is 4.27. The SMILES string of the molecule is Cc1cc(C#CC/N=C/c2ccccc2)cs1.